The number of nitrogens with zero attached hydrogens (tertiary/aromatic N) is 2. The van der Waals surface area contributed by atoms with Crippen LogP contribution in [0.2, 0.25) is 5.02 Å². The molecular formula is C18H23ClN4O. The fourth-order valence-corrected chi connectivity index (χ4v) is 2.39. The van der Waals surface area contributed by atoms with Crippen LogP contribution in [0.4, 0.5) is 11.5 Å². The molecule has 0 aliphatic heterocycles. The minimum Gasteiger partial charge on any atom is -0.370 e. The fraction of sp³-hybridized carbons (Fsp3) is 0.333. The van der Waals surface area contributed by atoms with Gasteiger partial charge in [0.05, 0.1) is 0 Å². The molecule has 0 bridgehead atoms. The number of carbonyl (C=O) groups excluding carboxylic acids is 1. The first-order chi connectivity index (χ1) is 11.5. The summed E-state index contributed by atoms with van der Waals surface area (Å²) in [4.78, 5) is 18.8. The Morgan fingerprint density at radius 1 is 1.29 bits per heavy atom. The van der Waals surface area contributed by atoms with Gasteiger partial charge in [0, 0.05) is 29.0 Å². The second-order valence-electron chi connectivity index (χ2n) is 5.88. The van der Waals surface area contributed by atoms with E-state index in [4.69, 9.17) is 11.6 Å². The Labute approximate surface area is 148 Å². The highest BCUT2D eigenvalue weighted by atomic mass is 35.5. The van der Waals surface area contributed by atoms with E-state index in [9.17, 15) is 4.79 Å². The van der Waals surface area contributed by atoms with Crippen LogP contribution >= 0.6 is 11.6 Å². The van der Waals surface area contributed by atoms with Crippen molar-refractivity contribution in [1.29, 1.82) is 0 Å². The molecule has 5 nitrogen and oxygen atoms in total. The minimum atomic E-state index is -0.181. The van der Waals surface area contributed by atoms with Gasteiger partial charge in [0.15, 0.2) is 0 Å². The average molecular weight is 347 g/mol. The zero-order chi connectivity index (χ0) is 17.5. The monoisotopic (exact) mass is 346 g/mol. The quantitative estimate of drug-likeness (QED) is 0.751. The molecule has 0 aliphatic rings. The van der Waals surface area contributed by atoms with E-state index in [-0.39, 0.29) is 5.91 Å². The van der Waals surface area contributed by atoms with Crippen LogP contribution in [0, 0.1) is 6.92 Å². The third kappa shape index (κ3) is 5.22. The number of halogens is 1. The average Bonchev–Trinajstić information content (AvgIpc) is 2.56. The first kappa shape index (κ1) is 18.2. The lowest BCUT2D eigenvalue weighted by atomic mass is 10.2. The SMILES string of the molecule is Cc1c(Cl)cccc1NC(=O)c1ccnc(NCCCN(C)C)c1. The summed E-state index contributed by atoms with van der Waals surface area (Å²) in [7, 11) is 4.09. The maximum Gasteiger partial charge on any atom is 0.255 e. The van der Waals surface area contributed by atoms with Gasteiger partial charge in [0.2, 0.25) is 0 Å². The Morgan fingerprint density at radius 3 is 2.83 bits per heavy atom. The molecular weight excluding hydrogens is 324 g/mol. The molecule has 6 heteroatoms. The van der Waals surface area contributed by atoms with Gasteiger partial charge in [-0.1, -0.05) is 17.7 Å². The van der Waals surface area contributed by atoms with Gasteiger partial charge in [-0.05, 0) is 63.8 Å². The molecule has 0 radical (unpaired) electrons. The maximum absolute atomic E-state index is 12.4. The second kappa shape index (κ2) is 8.66. The fourth-order valence-electron chi connectivity index (χ4n) is 2.22. The lowest BCUT2D eigenvalue weighted by molar-refractivity contribution is 0.102. The highest BCUT2D eigenvalue weighted by Crippen LogP contribution is 2.23. The van der Waals surface area contributed by atoms with Crippen LogP contribution < -0.4 is 10.6 Å². The van der Waals surface area contributed by atoms with Crippen LogP contribution in [0.3, 0.4) is 0 Å². The number of benzene rings is 1. The standard InChI is InChI=1S/C18H23ClN4O/c1-13-15(19)6-4-7-16(13)22-18(24)14-8-10-21-17(12-14)20-9-5-11-23(2)3/h4,6-8,10,12H,5,9,11H2,1-3H3,(H,20,21)(H,22,24). The largest absolute Gasteiger partial charge is 0.370 e. The van der Waals surface area contributed by atoms with E-state index in [1.807, 2.05) is 33.2 Å². The molecule has 24 heavy (non-hydrogen) atoms. The second-order valence-corrected chi connectivity index (χ2v) is 6.29. The molecule has 0 spiro atoms. The first-order valence-electron chi connectivity index (χ1n) is 7.88. The highest BCUT2D eigenvalue weighted by Gasteiger charge is 2.10. The van der Waals surface area contributed by atoms with Crippen molar-refractivity contribution < 1.29 is 4.79 Å². The van der Waals surface area contributed by atoms with E-state index in [1.54, 1.807) is 24.4 Å². The minimum absolute atomic E-state index is 0.181. The highest BCUT2D eigenvalue weighted by molar-refractivity contribution is 6.31. The number of hydrogen-bond acceptors (Lipinski definition) is 4. The Bertz CT molecular complexity index is 703. The lowest BCUT2D eigenvalue weighted by Gasteiger charge is -2.12. The number of anilines is 2. The van der Waals surface area contributed by atoms with Crippen LogP contribution in [-0.2, 0) is 0 Å². The molecule has 1 aromatic heterocycles. The van der Waals surface area contributed by atoms with E-state index in [0.717, 1.165) is 25.1 Å². The summed E-state index contributed by atoms with van der Waals surface area (Å²) < 4.78 is 0. The number of nitrogens with one attached hydrogen (secondary N) is 2. The molecule has 1 heterocycles. The summed E-state index contributed by atoms with van der Waals surface area (Å²) >= 11 is 6.09. The van der Waals surface area contributed by atoms with Crippen LogP contribution in [-0.4, -0.2) is 43.0 Å². The number of aromatic nitrogens is 1. The Hall–Kier alpha value is -2.11. The van der Waals surface area contributed by atoms with Gasteiger partial charge in [-0.2, -0.15) is 0 Å². The van der Waals surface area contributed by atoms with Crippen LogP contribution in [0.5, 0.6) is 0 Å². The predicted molar refractivity (Wildman–Crippen MR) is 100 cm³/mol. The maximum atomic E-state index is 12.4. The van der Waals surface area contributed by atoms with Gasteiger partial charge in [-0.25, -0.2) is 4.98 Å². The molecule has 0 atom stereocenters. The first-order valence-corrected chi connectivity index (χ1v) is 8.26. The lowest BCUT2D eigenvalue weighted by Crippen LogP contribution is -2.17. The summed E-state index contributed by atoms with van der Waals surface area (Å²) in [6.45, 7) is 3.69. The number of hydrogen-bond donors (Lipinski definition) is 2. The molecule has 0 saturated carbocycles. The number of carbonyl (C=O) groups is 1. The molecule has 2 N–H and O–H groups in total. The van der Waals surface area contributed by atoms with E-state index in [0.29, 0.717) is 22.1 Å². The van der Waals surface area contributed by atoms with Gasteiger partial charge in [-0.3, -0.25) is 4.79 Å². The van der Waals surface area contributed by atoms with Crippen molar-refractivity contribution in [1.82, 2.24) is 9.88 Å². The van der Waals surface area contributed by atoms with Crippen molar-refractivity contribution >= 4 is 29.0 Å². The number of amides is 1. The van der Waals surface area contributed by atoms with Gasteiger partial charge in [0.1, 0.15) is 5.82 Å². The Balaban J connectivity index is 1.99. The smallest absolute Gasteiger partial charge is 0.255 e. The summed E-state index contributed by atoms with van der Waals surface area (Å²) in [5.41, 5.74) is 2.12. The van der Waals surface area contributed by atoms with Gasteiger partial charge in [0.25, 0.3) is 5.91 Å². The topological polar surface area (TPSA) is 57.3 Å². The summed E-state index contributed by atoms with van der Waals surface area (Å²) in [6, 6.07) is 8.90. The number of pyridine rings is 1. The van der Waals surface area contributed by atoms with E-state index < -0.39 is 0 Å². The summed E-state index contributed by atoms with van der Waals surface area (Å²) in [6.07, 6.45) is 2.64. The van der Waals surface area contributed by atoms with Crippen LogP contribution in [0.25, 0.3) is 0 Å². The molecule has 0 aliphatic carbocycles. The predicted octanol–water partition coefficient (Wildman–Crippen LogP) is 3.66. The molecule has 0 saturated heterocycles. The van der Waals surface area contributed by atoms with Crippen molar-refractivity contribution in [3.8, 4) is 0 Å². The molecule has 2 rings (SSSR count). The normalized spacial score (nSPS) is 10.7. The van der Waals surface area contributed by atoms with Crippen molar-refractivity contribution in [3.63, 3.8) is 0 Å². The Kier molecular flexibility index (Phi) is 6.58. The zero-order valence-corrected chi connectivity index (χ0v) is 15.0. The molecule has 128 valence electrons. The molecule has 2 aromatic rings. The number of rotatable bonds is 7. The van der Waals surface area contributed by atoms with E-state index in [2.05, 4.69) is 20.5 Å². The summed E-state index contributed by atoms with van der Waals surface area (Å²) in [5.74, 6) is 0.517. The van der Waals surface area contributed by atoms with Gasteiger partial charge in [-0.15, -0.1) is 0 Å². The third-order valence-electron chi connectivity index (χ3n) is 3.63. The van der Waals surface area contributed by atoms with E-state index >= 15 is 0 Å². The van der Waals surface area contributed by atoms with Gasteiger partial charge < -0.3 is 15.5 Å². The van der Waals surface area contributed by atoms with E-state index in [1.165, 1.54) is 0 Å². The van der Waals surface area contributed by atoms with Crippen LogP contribution in [0.15, 0.2) is 36.5 Å². The van der Waals surface area contributed by atoms with Crippen molar-refractivity contribution in [3.05, 3.63) is 52.7 Å². The Morgan fingerprint density at radius 2 is 2.08 bits per heavy atom. The molecule has 1 aromatic carbocycles. The van der Waals surface area contributed by atoms with Crippen LogP contribution in [0.1, 0.15) is 22.3 Å². The van der Waals surface area contributed by atoms with Crippen molar-refractivity contribution in [2.75, 3.05) is 37.8 Å². The van der Waals surface area contributed by atoms with Gasteiger partial charge >= 0.3 is 0 Å². The molecule has 1 amide bonds. The van der Waals surface area contributed by atoms with Crippen molar-refractivity contribution in [2.24, 2.45) is 0 Å². The zero-order valence-electron chi connectivity index (χ0n) is 14.3. The molecule has 0 fully saturated rings. The van der Waals surface area contributed by atoms with Crippen molar-refractivity contribution in [2.45, 2.75) is 13.3 Å². The summed E-state index contributed by atoms with van der Waals surface area (Å²) in [5, 5.41) is 6.76. The molecule has 0 unspecified atom stereocenters. The third-order valence-corrected chi connectivity index (χ3v) is 4.04.